The van der Waals surface area contributed by atoms with Gasteiger partial charge in [-0.05, 0) is 12.1 Å². The van der Waals surface area contributed by atoms with Crippen LogP contribution in [0.3, 0.4) is 0 Å². The van der Waals surface area contributed by atoms with Crippen molar-refractivity contribution in [3.63, 3.8) is 0 Å². The van der Waals surface area contributed by atoms with Gasteiger partial charge < -0.3 is 5.32 Å². The number of nitrogens with one attached hydrogen (secondary N) is 1. The maximum absolute atomic E-state index is 11.1. The van der Waals surface area contributed by atoms with E-state index in [1.165, 1.54) is 12.3 Å². The summed E-state index contributed by atoms with van der Waals surface area (Å²) in [4.78, 5) is 14.9. The Hall–Kier alpha value is -1.86. The third-order valence-electron chi connectivity index (χ3n) is 1.38. The van der Waals surface area contributed by atoms with Gasteiger partial charge >= 0.3 is 0 Å². The summed E-state index contributed by atoms with van der Waals surface area (Å²) in [5, 5.41) is 11.2. The molecule has 0 bridgehead atoms. The summed E-state index contributed by atoms with van der Waals surface area (Å²) in [6, 6.07) is 4.75. The Kier molecular flexibility index (Phi) is 3.21. The number of anilines is 1. The molecule has 0 fully saturated rings. The Balaban J connectivity index is 2.71. The van der Waals surface area contributed by atoms with Gasteiger partial charge in [0.05, 0.1) is 5.02 Å². The first-order chi connectivity index (χ1) is 6.63. The second kappa shape index (κ2) is 4.40. The van der Waals surface area contributed by atoms with E-state index in [-0.39, 0.29) is 5.57 Å². The number of amides is 1. The molecule has 0 aliphatic rings. The number of pyridine rings is 1. The van der Waals surface area contributed by atoms with Gasteiger partial charge in [0.25, 0.3) is 5.91 Å². The minimum Gasteiger partial charge on any atom is -0.306 e. The first-order valence-corrected chi connectivity index (χ1v) is 4.03. The van der Waals surface area contributed by atoms with Crippen LogP contribution in [0.4, 0.5) is 5.82 Å². The lowest BCUT2D eigenvalue weighted by atomic mass is 10.3. The van der Waals surface area contributed by atoms with Crippen LogP contribution >= 0.6 is 11.6 Å². The van der Waals surface area contributed by atoms with Crippen molar-refractivity contribution >= 4 is 23.3 Å². The average Bonchev–Trinajstić information content (AvgIpc) is 2.20. The molecule has 0 saturated heterocycles. The monoisotopic (exact) mass is 207 g/mol. The molecule has 0 unspecified atom stereocenters. The molecule has 0 atom stereocenters. The highest BCUT2D eigenvalue weighted by Crippen LogP contribution is 2.09. The average molecular weight is 208 g/mol. The molecular weight excluding hydrogens is 202 g/mol. The SMILES string of the molecule is C=C(C#N)C(=O)Nc1ccc(Cl)cn1. The number of halogens is 1. The molecule has 0 radical (unpaired) electrons. The van der Waals surface area contributed by atoms with E-state index in [1.807, 2.05) is 0 Å². The van der Waals surface area contributed by atoms with Gasteiger partial charge in [-0.3, -0.25) is 4.79 Å². The van der Waals surface area contributed by atoms with Gasteiger partial charge in [0.15, 0.2) is 0 Å². The summed E-state index contributed by atoms with van der Waals surface area (Å²) in [6.45, 7) is 3.26. The minimum atomic E-state index is -0.567. The minimum absolute atomic E-state index is 0.165. The van der Waals surface area contributed by atoms with Gasteiger partial charge in [0.1, 0.15) is 17.5 Å². The zero-order valence-electron chi connectivity index (χ0n) is 7.12. The van der Waals surface area contributed by atoms with Crippen molar-refractivity contribution in [2.45, 2.75) is 0 Å². The van der Waals surface area contributed by atoms with E-state index in [4.69, 9.17) is 16.9 Å². The van der Waals surface area contributed by atoms with Crippen LogP contribution in [0.5, 0.6) is 0 Å². The van der Waals surface area contributed by atoms with Gasteiger partial charge in [-0.15, -0.1) is 0 Å². The first-order valence-electron chi connectivity index (χ1n) is 3.65. The highest BCUT2D eigenvalue weighted by molar-refractivity contribution is 6.30. The lowest BCUT2D eigenvalue weighted by molar-refractivity contribution is -0.112. The smallest absolute Gasteiger partial charge is 0.266 e. The van der Waals surface area contributed by atoms with Crippen LogP contribution in [-0.4, -0.2) is 10.9 Å². The van der Waals surface area contributed by atoms with E-state index in [1.54, 1.807) is 12.1 Å². The maximum atomic E-state index is 11.1. The Morgan fingerprint density at radius 2 is 2.36 bits per heavy atom. The van der Waals surface area contributed by atoms with Crippen molar-refractivity contribution in [3.05, 3.63) is 35.5 Å². The molecule has 0 saturated carbocycles. The van der Waals surface area contributed by atoms with Crippen LogP contribution in [0.1, 0.15) is 0 Å². The molecule has 0 spiro atoms. The van der Waals surface area contributed by atoms with Crippen LogP contribution in [0.25, 0.3) is 0 Å². The second-order valence-corrected chi connectivity index (χ2v) is 2.84. The molecule has 1 heterocycles. The number of rotatable bonds is 2. The predicted octanol–water partition coefficient (Wildman–Crippen LogP) is 1.75. The number of nitrogens with zero attached hydrogens (tertiary/aromatic N) is 2. The van der Waals surface area contributed by atoms with Crippen molar-refractivity contribution in [3.8, 4) is 6.07 Å². The molecule has 1 rings (SSSR count). The zero-order chi connectivity index (χ0) is 10.6. The molecule has 1 aromatic rings. The van der Waals surface area contributed by atoms with Gasteiger partial charge in [-0.2, -0.15) is 5.26 Å². The van der Waals surface area contributed by atoms with Crippen LogP contribution < -0.4 is 5.32 Å². The summed E-state index contributed by atoms with van der Waals surface area (Å²) in [5.74, 6) is -0.238. The fourth-order valence-corrected chi connectivity index (χ4v) is 0.804. The molecular formula is C9H6ClN3O. The highest BCUT2D eigenvalue weighted by Gasteiger charge is 2.06. The summed E-state index contributed by atoms with van der Waals surface area (Å²) >= 11 is 5.59. The molecule has 5 heteroatoms. The van der Waals surface area contributed by atoms with Crippen LogP contribution in [0.2, 0.25) is 5.02 Å². The van der Waals surface area contributed by atoms with Gasteiger partial charge in [0, 0.05) is 6.20 Å². The number of carbonyl (C=O) groups is 1. The van der Waals surface area contributed by atoms with E-state index in [9.17, 15) is 4.79 Å². The van der Waals surface area contributed by atoms with E-state index < -0.39 is 5.91 Å². The molecule has 1 amide bonds. The number of hydrogen-bond donors (Lipinski definition) is 1. The van der Waals surface area contributed by atoms with E-state index in [0.29, 0.717) is 10.8 Å². The van der Waals surface area contributed by atoms with Crippen LogP contribution in [-0.2, 0) is 4.79 Å². The standard InChI is InChI=1S/C9H6ClN3O/c1-6(4-11)9(14)13-8-3-2-7(10)5-12-8/h2-3,5H,1H2,(H,12,13,14). The van der Waals surface area contributed by atoms with Gasteiger partial charge in [-0.25, -0.2) is 4.98 Å². The Bertz CT molecular complexity index is 405. The molecule has 0 aromatic carbocycles. The Morgan fingerprint density at radius 1 is 1.64 bits per heavy atom. The molecule has 0 aliphatic carbocycles. The van der Waals surface area contributed by atoms with E-state index in [0.717, 1.165) is 0 Å². The maximum Gasteiger partial charge on any atom is 0.266 e. The molecule has 4 nitrogen and oxygen atoms in total. The molecule has 1 aromatic heterocycles. The molecule has 70 valence electrons. The third kappa shape index (κ3) is 2.57. The predicted molar refractivity (Wildman–Crippen MR) is 52.6 cm³/mol. The summed E-state index contributed by atoms with van der Waals surface area (Å²) in [5.41, 5.74) is -0.165. The normalized spacial score (nSPS) is 8.86. The fraction of sp³-hybridized carbons (Fsp3) is 0. The lowest BCUT2D eigenvalue weighted by Gasteiger charge is -2.01. The van der Waals surface area contributed by atoms with Crippen molar-refractivity contribution in [2.75, 3.05) is 5.32 Å². The highest BCUT2D eigenvalue weighted by atomic mass is 35.5. The second-order valence-electron chi connectivity index (χ2n) is 2.41. The van der Waals surface area contributed by atoms with Crippen molar-refractivity contribution in [2.24, 2.45) is 0 Å². The van der Waals surface area contributed by atoms with Crippen LogP contribution in [0, 0.1) is 11.3 Å². The fourth-order valence-electron chi connectivity index (χ4n) is 0.692. The largest absolute Gasteiger partial charge is 0.306 e. The van der Waals surface area contributed by atoms with E-state index >= 15 is 0 Å². The number of hydrogen-bond acceptors (Lipinski definition) is 3. The molecule has 14 heavy (non-hydrogen) atoms. The Labute approximate surface area is 85.8 Å². The number of aromatic nitrogens is 1. The van der Waals surface area contributed by atoms with Crippen molar-refractivity contribution in [1.82, 2.24) is 4.98 Å². The molecule has 1 N–H and O–H groups in total. The van der Waals surface area contributed by atoms with Gasteiger partial charge in [-0.1, -0.05) is 18.2 Å². The first kappa shape index (κ1) is 10.2. The number of carbonyl (C=O) groups excluding carboxylic acids is 1. The van der Waals surface area contributed by atoms with Gasteiger partial charge in [0.2, 0.25) is 0 Å². The van der Waals surface area contributed by atoms with Crippen molar-refractivity contribution in [1.29, 1.82) is 5.26 Å². The summed E-state index contributed by atoms with van der Waals surface area (Å²) in [7, 11) is 0. The van der Waals surface area contributed by atoms with Crippen LogP contribution in [0.15, 0.2) is 30.5 Å². The topological polar surface area (TPSA) is 65.8 Å². The quantitative estimate of drug-likeness (QED) is 0.594. The zero-order valence-corrected chi connectivity index (χ0v) is 7.88. The summed E-state index contributed by atoms with van der Waals surface area (Å²) in [6.07, 6.45) is 1.40. The Morgan fingerprint density at radius 3 is 2.86 bits per heavy atom. The summed E-state index contributed by atoms with van der Waals surface area (Å²) < 4.78 is 0. The lowest BCUT2D eigenvalue weighted by Crippen LogP contribution is -2.13. The van der Waals surface area contributed by atoms with E-state index in [2.05, 4.69) is 16.9 Å². The van der Waals surface area contributed by atoms with Crippen molar-refractivity contribution < 1.29 is 4.79 Å². The third-order valence-corrected chi connectivity index (χ3v) is 1.60. The number of nitriles is 1. The molecule has 0 aliphatic heterocycles.